The lowest BCUT2D eigenvalue weighted by atomic mass is 10.1. The molecule has 1 atom stereocenters. The van der Waals surface area contributed by atoms with Crippen molar-refractivity contribution in [2.75, 3.05) is 22.1 Å². The van der Waals surface area contributed by atoms with Crippen LogP contribution in [-0.2, 0) is 14.8 Å². The van der Waals surface area contributed by atoms with E-state index in [9.17, 15) is 13.2 Å². The second kappa shape index (κ2) is 8.14. The van der Waals surface area contributed by atoms with Crippen molar-refractivity contribution >= 4 is 39.1 Å². The molecule has 1 amide bonds. The van der Waals surface area contributed by atoms with Crippen LogP contribution < -0.4 is 9.62 Å². The minimum Gasteiger partial charge on any atom is -0.323 e. The number of carbonyl (C=O) groups is 1. The molecule has 0 saturated heterocycles. The Morgan fingerprint density at radius 3 is 2.23 bits per heavy atom. The highest BCUT2D eigenvalue weighted by atomic mass is 32.2. The third-order valence-corrected chi connectivity index (χ3v) is 5.95. The van der Waals surface area contributed by atoms with Crippen LogP contribution in [0.1, 0.15) is 18.1 Å². The lowest BCUT2D eigenvalue weighted by Crippen LogP contribution is -2.45. The number of benzene rings is 2. The van der Waals surface area contributed by atoms with Gasteiger partial charge in [0.2, 0.25) is 15.9 Å². The Morgan fingerprint density at radius 2 is 1.69 bits per heavy atom. The summed E-state index contributed by atoms with van der Waals surface area (Å²) in [6, 6.07) is 12.1. The predicted molar refractivity (Wildman–Crippen MR) is 110 cm³/mol. The maximum Gasteiger partial charge on any atom is 0.248 e. The van der Waals surface area contributed by atoms with Crippen molar-refractivity contribution in [1.82, 2.24) is 0 Å². The van der Waals surface area contributed by atoms with Gasteiger partial charge < -0.3 is 5.32 Å². The summed E-state index contributed by atoms with van der Waals surface area (Å²) < 4.78 is 26.0. The molecule has 0 spiro atoms. The Kier molecular flexibility index (Phi) is 6.36. The summed E-state index contributed by atoms with van der Waals surface area (Å²) in [7, 11) is -3.64. The van der Waals surface area contributed by atoms with Crippen molar-refractivity contribution in [3.63, 3.8) is 0 Å². The van der Waals surface area contributed by atoms with E-state index >= 15 is 0 Å². The van der Waals surface area contributed by atoms with Gasteiger partial charge in [0.1, 0.15) is 6.04 Å². The first-order valence-electron chi connectivity index (χ1n) is 8.15. The van der Waals surface area contributed by atoms with Crippen LogP contribution in [0.3, 0.4) is 0 Å². The fourth-order valence-electron chi connectivity index (χ4n) is 2.87. The molecule has 0 radical (unpaired) electrons. The second-order valence-corrected chi connectivity index (χ2v) is 8.98. The molecule has 5 nitrogen and oxygen atoms in total. The zero-order valence-corrected chi connectivity index (χ0v) is 17.2. The Morgan fingerprint density at radius 1 is 1.12 bits per heavy atom. The topological polar surface area (TPSA) is 66.5 Å². The maximum atomic E-state index is 12.8. The minimum absolute atomic E-state index is 0.379. The van der Waals surface area contributed by atoms with Gasteiger partial charge in [0.25, 0.3) is 0 Å². The van der Waals surface area contributed by atoms with E-state index in [0.717, 1.165) is 22.3 Å². The normalized spacial score (nSPS) is 12.5. The molecule has 2 rings (SSSR count). The molecule has 2 aromatic carbocycles. The molecule has 1 N–H and O–H groups in total. The zero-order chi connectivity index (χ0) is 19.5. The average molecular weight is 393 g/mol. The van der Waals surface area contributed by atoms with E-state index in [1.165, 1.54) is 16.1 Å². The van der Waals surface area contributed by atoms with Gasteiger partial charge in [-0.2, -0.15) is 0 Å². The highest BCUT2D eigenvalue weighted by molar-refractivity contribution is 7.98. The van der Waals surface area contributed by atoms with Gasteiger partial charge in [0.15, 0.2) is 0 Å². The first kappa shape index (κ1) is 20.3. The van der Waals surface area contributed by atoms with E-state index < -0.39 is 16.1 Å². The summed E-state index contributed by atoms with van der Waals surface area (Å²) >= 11 is 1.52. The first-order chi connectivity index (χ1) is 12.1. The van der Waals surface area contributed by atoms with Crippen molar-refractivity contribution in [2.24, 2.45) is 0 Å². The Balaban J connectivity index is 2.38. The number of hydrogen-bond acceptors (Lipinski definition) is 4. The molecule has 140 valence electrons. The summed E-state index contributed by atoms with van der Waals surface area (Å²) in [6.07, 6.45) is 3.04. The van der Waals surface area contributed by atoms with E-state index in [0.29, 0.717) is 11.4 Å². The fourth-order valence-corrected chi connectivity index (χ4v) is 4.58. The third-order valence-electron chi connectivity index (χ3n) is 3.91. The summed E-state index contributed by atoms with van der Waals surface area (Å²) in [6.45, 7) is 5.39. The van der Waals surface area contributed by atoms with Crippen LogP contribution in [-0.4, -0.2) is 32.9 Å². The highest BCUT2D eigenvalue weighted by Gasteiger charge is 2.29. The molecule has 7 heteroatoms. The van der Waals surface area contributed by atoms with Crippen LogP contribution in [0.5, 0.6) is 0 Å². The number of carbonyl (C=O) groups excluding carboxylic acids is 1. The van der Waals surface area contributed by atoms with Gasteiger partial charge >= 0.3 is 0 Å². The van der Waals surface area contributed by atoms with Gasteiger partial charge in [0.05, 0.1) is 17.6 Å². The Labute approximate surface area is 159 Å². The lowest BCUT2D eigenvalue weighted by Gasteiger charge is -2.29. The number of nitrogens with one attached hydrogen (secondary N) is 1. The molecular weight excluding hydrogens is 368 g/mol. The van der Waals surface area contributed by atoms with Crippen LogP contribution in [0.15, 0.2) is 47.4 Å². The molecule has 0 aromatic heterocycles. The first-order valence-corrected chi connectivity index (χ1v) is 11.2. The summed E-state index contributed by atoms with van der Waals surface area (Å²) in [5, 5.41) is 2.85. The van der Waals surface area contributed by atoms with E-state index in [2.05, 4.69) is 5.32 Å². The van der Waals surface area contributed by atoms with E-state index in [-0.39, 0.29) is 5.91 Å². The van der Waals surface area contributed by atoms with Gasteiger partial charge in [-0.25, -0.2) is 8.42 Å². The number of para-hydroxylation sites is 1. The fraction of sp³-hybridized carbons (Fsp3) is 0.316. The number of thioether (sulfide) groups is 1. The maximum absolute atomic E-state index is 12.8. The largest absolute Gasteiger partial charge is 0.323 e. The molecule has 26 heavy (non-hydrogen) atoms. The van der Waals surface area contributed by atoms with E-state index in [4.69, 9.17) is 0 Å². The number of amides is 1. The molecule has 2 aromatic rings. The lowest BCUT2D eigenvalue weighted by molar-refractivity contribution is -0.116. The number of sulfonamides is 1. The highest BCUT2D eigenvalue weighted by Crippen LogP contribution is 2.27. The van der Waals surface area contributed by atoms with Crippen LogP contribution in [0.2, 0.25) is 0 Å². The molecule has 0 bridgehead atoms. The van der Waals surface area contributed by atoms with Crippen molar-refractivity contribution in [3.05, 3.63) is 53.6 Å². The minimum atomic E-state index is -3.64. The smallest absolute Gasteiger partial charge is 0.248 e. The zero-order valence-electron chi connectivity index (χ0n) is 15.6. The van der Waals surface area contributed by atoms with Crippen LogP contribution >= 0.6 is 11.8 Å². The molecule has 0 saturated carbocycles. The quantitative estimate of drug-likeness (QED) is 0.759. The van der Waals surface area contributed by atoms with Crippen molar-refractivity contribution in [3.8, 4) is 0 Å². The van der Waals surface area contributed by atoms with E-state index in [1.807, 2.05) is 44.4 Å². The van der Waals surface area contributed by atoms with Crippen molar-refractivity contribution < 1.29 is 13.2 Å². The van der Waals surface area contributed by atoms with Gasteiger partial charge in [-0.05, 0) is 62.4 Å². The average Bonchev–Trinajstić information content (AvgIpc) is 2.53. The van der Waals surface area contributed by atoms with Gasteiger partial charge in [-0.1, -0.05) is 18.2 Å². The molecule has 0 aliphatic heterocycles. The predicted octanol–water partition coefficient (Wildman–Crippen LogP) is 3.82. The van der Waals surface area contributed by atoms with Gasteiger partial charge in [-0.3, -0.25) is 9.10 Å². The number of rotatable bonds is 6. The molecule has 0 fully saturated rings. The number of anilines is 2. The summed E-state index contributed by atoms with van der Waals surface area (Å²) in [5.41, 5.74) is 3.04. The molecule has 0 heterocycles. The second-order valence-electron chi connectivity index (χ2n) is 6.27. The summed E-state index contributed by atoms with van der Waals surface area (Å²) in [5.74, 6) is -0.379. The SMILES string of the molecule is CSc1ccccc1NC(=O)C(C)N(c1cc(C)cc(C)c1)S(C)(=O)=O. The summed E-state index contributed by atoms with van der Waals surface area (Å²) in [4.78, 5) is 13.7. The molecule has 0 aliphatic rings. The van der Waals surface area contributed by atoms with Crippen LogP contribution in [0.4, 0.5) is 11.4 Å². The number of nitrogens with zero attached hydrogens (tertiary/aromatic N) is 1. The van der Waals surface area contributed by atoms with E-state index in [1.54, 1.807) is 25.1 Å². The molecular formula is C19H24N2O3S2. The van der Waals surface area contributed by atoms with Crippen molar-refractivity contribution in [2.45, 2.75) is 31.7 Å². The van der Waals surface area contributed by atoms with Crippen LogP contribution in [0, 0.1) is 13.8 Å². The Hall–Kier alpha value is -1.99. The Bertz CT molecular complexity index is 891. The molecule has 0 aliphatic carbocycles. The third kappa shape index (κ3) is 4.80. The number of hydrogen-bond donors (Lipinski definition) is 1. The number of aryl methyl sites for hydroxylation is 2. The van der Waals surface area contributed by atoms with Gasteiger partial charge in [-0.15, -0.1) is 11.8 Å². The monoisotopic (exact) mass is 392 g/mol. The van der Waals surface area contributed by atoms with Gasteiger partial charge in [0, 0.05) is 4.90 Å². The van der Waals surface area contributed by atoms with Crippen LogP contribution in [0.25, 0.3) is 0 Å². The molecule has 1 unspecified atom stereocenters. The standard InChI is InChI=1S/C19H24N2O3S2/c1-13-10-14(2)12-16(11-13)21(26(5,23)24)15(3)19(22)20-17-8-6-7-9-18(17)25-4/h6-12,15H,1-5H3,(H,20,22). The van der Waals surface area contributed by atoms with Crippen molar-refractivity contribution in [1.29, 1.82) is 0 Å².